The van der Waals surface area contributed by atoms with Crippen LogP contribution in [0.25, 0.3) is 0 Å². The Kier molecular flexibility index (Phi) is 4.32. The second kappa shape index (κ2) is 6.08. The van der Waals surface area contributed by atoms with Gasteiger partial charge >= 0.3 is 6.18 Å². The van der Waals surface area contributed by atoms with E-state index in [0.717, 1.165) is 12.2 Å². The summed E-state index contributed by atoms with van der Waals surface area (Å²) in [5.41, 5.74) is 1.19. The summed E-state index contributed by atoms with van der Waals surface area (Å²) in [6.07, 6.45) is -3.35. The van der Waals surface area contributed by atoms with E-state index in [-0.39, 0.29) is 18.0 Å². The maximum absolute atomic E-state index is 12.4. The standard InChI is InChI=1S/C16H21F3N2O/c1-11(14-9-22-15-5-3-2-4-13(14)15)20-12-6-7-21(8-12)10-16(17,18)19/h2-5,11-12,14,20H,6-10H2,1H3/t11-,12-,14+/m0/s1. The summed E-state index contributed by atoms with van der Waals surface area (Å²) < 4.78 is 43.0. The first-order valence-electron chi connectivity index (χ1n) is 7.69. The number of ether oxygens (including phenoxy) is 1. The van der Waals surface area contributed by atoms with Gasteiger partial charge in [0.1, 0.15) is 5.75 Å². The van der Waals surface area contributed by atoms with Crippen LogP contribution in [0.4, 0.5) is 13.2 Å². The fraction of sp³-hybridized carbons (Fsp3) is 0.625. The molecular weight excluding hydrogens is 293 g/mol. The minimum Gasteiger partial charge on any atom is -0.493 e. The zero-order valence-corrected chi connectivity index (χ0v) is 12.6. The van der Waals surface area contributed by atoms with Gasteiger partial charge in [-0.05, 0) is 19.4 Å². The van der Waals surface area contributed by atoms with E-state index in [1.54, 1.807) is 0 Å². The van der Waals surface area contributed by atoms with E-state index in [0.29, 0.717) is 19.7 Å². The summed E-state index contributed by atoms with van der Waals surface area (Å²) >= 11 is 0. The summed E-state index contributed by atoms with van der Waals surface area (Å²) in [5.74, 6) is 1.18. The second-order valence-corrected chi connectivity index (χ2v) is 6.25. The Balaban J connectivity index is 1.54. The summed E-state index contributed by atoms with van der Waals surface area (Å²) in [4.78, 5) is 1.48. The average Bonchev–Trinajstić information content (AvgIpc) is 3.03. The monoisotopic (exact) mass is 314 g/mol. The number of alkyl halides is 3. The lowest BCUT2D eigenvalue weighted by Gasteiger charge is -2.24. The van der Waals surface area contributed by atoms with Crippen LogP contribution in [0.15, 0.2) is 24.3 Å². The molecule has 3 atom stereocenters. The van der Waals surface area contributed by atoms with Crippen molar-refractivity contribution in [2.45, 2.75) is 37.5 Å². The number of rotatable bonds is 4. The molecule has 0 spiro atoms. The van der Waals surface area contributed by atoms with Crippen LogP contribution >= 0.6 is 0 Å². The normalized spacial score (nSPS) is 26.7. The van der Waals surface area contributed by atoms with Gasteiger partial charge in [-0.25, -0.2) is 0 Å². The molecule has 0 aromatic heterocycles. The Morgan fingerprint density at radius 3 is 2.91 bits per heavy atom. The Bertz CT molecular complexity index is 520. The highest BCUT2D eigenvalue weighted by atomic mass is 19.4. The lowest BCUT2D eigenvalue weighted by atomic mass is 9.94. The molecule has 1 fully saturated rings. The van der Waals surface area contributed by atoms with Crippen molar-refractivity contribution in [3.63, 3.8) is 0 Å². The number of benzene rings is 1. The molecule has 0 aliphatic carbocycles. The third kappa shape index (κ3) is 3.55. The van der Waals surface area contributed by atoms with Gasteiger partial charge in [0.15, 0.2) is 0 Å². The van der Waals surface area contributed by atoms with Gasteiger partial charge in [-0.3, -0.25) is 4.90 Å². The first-order chi connectivity index (χ1) is 10.4. The molecule has 1 aromatic rings. The molecule has 2 aliphatic heterocycles. The highest BCUT2D eigenvalue weighted by molar-refractivity contribution is 5.40. The lowest BCUT2D eigenvalue weighted by molar-refractivity contribution is -0.143. The van der Waals surface area contributed by atoms with Gasteiger partial charge in [-0.1, -0.05) is 18.2 Å². The molecule has 0 saturated carbocycles. The molecule has 6 heteroatoms. The van der Waals surface area contributed by atoms with Crippen molar-refractivity contribution in [3.8, 4) is 5.75 Å². The van der Waals surface area contributed by atoms with Crippen molar-refractivity contribution < 1.29 is 17.9 Å². The number of likely N-dealkylation sites (tertiary alicyclic amines) is 1. The van der Waals surface area contributed by atoms with Gasteiger partial charge in [0.05, 0.1) is 13.2 Å². The first-order valence-corrected chi connectivity index (χ1v) is 7.69. The SMILES string of the molecule is C[C@H](N[C@H]1CCN(CC(F)(F)F)C1)[C@H]1COc2ccccc21. The van der Waals surface area contributed by atoms with Crippen molar-refractivity contribution >= 4 is 0 Å². The maximum Gasteiger partial charge on any atom is 0.401 e. The summed E-state index contributed by atoms with van der Waals surface area (Å²) in [5, 5.41) is 3.49. The van der Waals surface area contributed by atoms with Crippen molar-refractivity contribution in [3.05, 3.63) is 29.8 Å². The molecule has 0 radical (unpaired) electrons. The van der Waals surface area contributed by atoms with Gasteiger partial charge in [-0.2, -0.15) is 13.2 Å². The summed E-state index contributed by atoms with van der Waals surface area (Å²) in [7, 11) is 0. The molecule has 22 heavy (non-hydrogen) atoms. The molecule has 3 nitrogen and oxygen atoms in total. The van der Waals surface area contributed by atoms with Gasteiger partial charge in [0.25, 0.3) is 0 Å². The molecule has 122 valence electrons. The van der Waals surface area contributed by atoms with Crippen LogP contribution < -0.4 is 10.1 Å². The van der Waals surface area contributed by atoms with Crippen LogP contribution in [0.5, 0.6) is 5.75 Å². The third-order valence-corrected chi connectivity index (χ3v) is 4.51. The maximum atomic E-state index is 12.4. The van der Waals surface area contributed by atoms with Crippen LogP contribution in [0.3, 0.4) is 0 Å². The van der Waals surface area contributed by atoms with Crippen LogP contribution in [0.1, 0.15) is 24.8 Å². The van der Waals surface area contributed by atoms with E-state index in [1.165, 1.54) is 10.5 Å². The highest BCUT2D eigenvalue weighted by Gasteiger charge is 2.36. The molecule has 0 unspecified atom stereocenters. The van der Waals surface area contributed by atoms with Crippen LogP contribution in [-0.2, 0) is 0 Å². The molecule has 0 bridgehead atoms. The van der Waals surface area contributed by atoms with E-state index < -0.39 is 12.7 Å². The van der Waals surface area contributed by atoms with E-state index in [2.05, 4.69) is 18.3 Å². The Morgan fingerprint density at radius 2 is 2.14 bits per heavy atom. The predicted molar refractivity (Wildman–Crippen MR) is 78.2 cm³/mol. The second-order valence-electron chi connectivity index (χ2n) is 6.25. The average molecular weight is 314 g/mol. The minimum atomic E-state index is -4.11. The van der Waals surface area contributed by atoms with Gasteiger partial charge < -0.3 is 10.1 Å². The van der Waals surface area contributed by atoms with E-state index in [1.807, 2.05) is 18.2 Å². The molecule has 1 N–H and O–H groups in total. The number of hydrogen-bond acceptors (Lipinski definition) is 3. The largest absolute Gasteiger partial charge is 0.493 e. The van der Waals surface area contributed by atoms with Gasteiger partial charge in [-0.15, -0.1) is 0 Å². The fourth-order valence-corrected chi connectivity index (χ4v) is 3.46. The zero-order valence-electron chi connectivity index (χ0n) is 12.6. The van der Waals surface area contributed by atoms with Gasteiger partial charge in [0.2, 0.25) is 0 Å². The number of halogens is 3. The molecule has 1 saturated heterocycles. The molecule has 0 amide bonds. The molecule has 1 aromatic carbocycles. The van der Waals surface area contributed by atoms with E-state index in [9.17, 15) is 13.2 Å². The van der Waals surface area contributed by atoms with Crippen molar-refractivity contribution in [2.24, 2.45) is 0 Å². The van der Waals surface area contributed by atoms with Crippen molar-refractivity contribution in [2.75, 3.05) is 26.2 Å². The lowest BCUT2D eigenvalue weighted by Crippen LogP contribution is -2.43. The molecule has 3 rings (SSSR count). The third-order valence-electron chi connectivity index (χ3n) is 4.51. The molecular formula is C16H21F3N2O. The fourth-order valence-electron chi connectivity index (χ4n) is 3.46. The number of nitrogens with zero attached hydrogens (tertiary/aromatic N) is 1. The Hall–Kier alpha value is -1.27. The predicted octanol–water partition coefficient (Wildman–Crippen LogP) is 2.78. The summed E-state index contributed by atoms with van der Waals surface area (Å²) in [6, 6.07) is 8.27. The van der Waals surface area contributed by atoms with Crippen molar-refractivity contribution in [1.29, 1.82) is 0 Å². The number of nitrogens with one attached hydrogen (secondary N) is 1. The number of fused-ring (bicyclic) bond motifs is 1. The zero-order chi connectivity index (χ0) is 15.7. The topological polar surface area (TPSA) is 24.5 Å². The minimum absolute atomic E-state index is 0.116. The smallest absolute Gasteiger partial charge is 0.401 e. The highest BCUT2D eigenvalue weighted by Crippen LogP contribution is 2.35. The number of hydrogen-bond donors (Lipinski definition) is 1. The van der Waals surface area contributed by atoms with E-state index >= 15 is 0 Å². The van der Waals surface area contributed by atoms with Crippen LogP contribution in [0.2, 0.25) is 0 Å². The number of para-hydroxylation sites is 1. The quantitative estimate of drug-likeness (QED) is 0.925. The molecule has 2 heterocycles. The molecule has 2 aliphatic rings. The van der Waals surface area contributed by atoms with Crippen LogP contribution in [-0.4, -0.2) is 49.4 Å². The van der Waals surface area contributed by atoms with Crippen LogP contribution in [0, 0.1) is 0 Å². The van der Waals surface area contributed by atoms with E-state index in [4.69, 9.17) is 4.74 Å². The summed E-state index contributed by atoms with van der Waals surface area (Å²) in [6.45, 7) is 2.87. The Morgan fingerprint density at radius 1 is 1.36 bits per heavy atom. The Labute approximate surface area is 128 Å². The first kappa shape index (κ1) is 15.6. The van der Waals surface area contributed by atoms with Crippen molar-refractivity contribution in [1.82, 2.24) is 10.2 Å². The van der Waals surface area contributed by atoms with Gasteiger partial charge in [0, 0.05) is 36.7 Å².